The lowest BCUT2D eigenvalue weighted by Crippen LogP contribution is -2.14. The fourth-order valence-electron chi connectivity index (χ4n) is 1.98. The van der Waals surface area contributed by atoms with Crippen LogP contribution in [0, 0.1) is 6.07 Å². The van der Waals surface area contributed by atoms with E-state index < -0.39 is 0 Å². The highest BCUT2D eigenvalue weighted by atomic mass is 32.2. The molecule has 0 spiro atoms. The molecule has 0 atom stereocenters. The number of nitrogens with zero attached hydrogens (tertiary/aromatic N) is 1. The van der Waals surface area contributed by atoms with Crippen molar-refractivity contribution < 1.29 is 4.74 Å². The summed E-state index contributed by atoms with van der Waals surface area (Å²) in [5.41, 5.74) is 2.41. The maximum absolute atomic E-state index is 5.27. The summed E-state index contributed by atoms with van der Waals surface area (Å²) in [5.74, 6) is 0.899. The summed E-state index contributed by atoms with van der Waals surface area (Å²) < 4.78 is 5.27. The molecule has 1 aliphatic rings. The zero-order valence-electron chi connectivity index (χ0n) is 9.73. The minimum Gasteiger partial charge on any atom is -0.497 e. The largest absolute Gasteiger partial charge is 0.497 e. The van der Waals surface area contributed by atoms with Gasteiger partial charge in [-0.25, -0.2) is 0 Å². The van der Waals surface area contributed by atoms with Crippen LogP contribution in [-0.2, 0) is 0 Å². The van der Waals surface area contributed by atoms with Crippen molar-refractivity contribution in [2.45, 2.75) is 9.79 Å². The fraction of sp³-hybridized carbons (Fsp3) is 0.143. The molecule has 0 fully saturated rings. The molecule has 2 nitrogen and oxygen atoms in total. The number of rotatable bonds is 1. The number of benzene rings is 2. The third-order valence-corrected chi connectivity index (χ3v) is 4.03. The Balaban J connectivity index is 2.12. The Kier molecular flexibility index (Phi) is 2.48. The second-order valence-electron chi connectivity index (χ2n) is 3.89. The van der Waals surface area contributed by atoms with Crippen LogP contribution in [-0.4, -0.2) is 14.2 Å². The number of hydrogen-bond donors (Lipinski definition) is 0. The first-order chi connectivity index (χ1) is 8.29. The summed E-state index contributed by atoms with van der Waals surface area (Å²) in [5, 5.41) is 0. The fourth-order valence-corrected chi connectivity index (χ4v) is 3.14. The first kappa shape index (κ1) is 10.5. The second-order valence-corrected chi connectivity index (χ2v) is 4.97. The minimum atomic E-state index is 0.899. The van der Waals surface area contributed by atoms with Crippen LogP contribution in [0.4, 0.5) is 11.4 Å². The van der Waals surface area contributed by atoms with Crippen LogP contribution in [0.5, 0.6) is 5.75 Å². The molecule has 1 radical (unpaired) electrons. The molecule has 85 valence electrons. The molecule has 3 rings (SSSR count). The topological polar surface area (TPSA) is 12.5 Å². The van der Waals surface area contributed by atoms with Gasteiger partial charge < -0.3 is 9.64 Å². The van der Waals surface area contributed by atoms with E-state index in [0.717, 1.165) is 5.75 Å². The van der Waals surface area contributed by atoms with E-state index in [4.69, 9.17) is 4.74 Å². The number of ether oxygens (including phenoxy) is 1. The highest BCUT2D eigenvalue weighted by Gasteiger charge is 2.20. The van der Waals surface area contributed by atoms with E-state index in [-0.39, 0.29) is 0 Å². The van der Waals surface area contributed by atoms with Gasteiger partial charge in [0.25, 0.3) is 0 Å². The molecule has 0 saturated carbocycles. The molecule has 1 aliphatic heterocycles. The van der Waals surface area contributed by atoms with Crippen molar-refractivity contribution in [1.82, 2.24) is 0 Å². The molecule has 17 heavy (non-hydrogen) atoms. The molecule has 0 saturated heterocycles. The van der Waals surface area contributed by atoms with Crippen LogP contribution in [0.3, 0.4) is 0 Å². The van der Waals surface area contributed by atoms with Crippen LogP contribution in [0.1, 0.15) is 0 Å². The summed E-state index contributed by atoms with van der Waals surface area (Å²) >= 11 is 1.77. The quantitative estimate of drug-likeness (QED) is 0.756. The maximum Gasteiger partial charge on any atom is 0.120 e. The van der Waals surface area contributed by atoms with Crippen LogP contribution >= 0.6 is 11.8 Å². The van der Waals surface area contributed by atoms with Crippen molar-refractivity contribution in [3.63, 3.8) is 0 Å². The highest BCUT2D eigenvalue weighted by molar-refractivity contribution is 7.99. The Labute approximate surface area is 105 Å². The summed E-state index contributed by atoms with van der Waals surface area (Å²) in [6.45, 7) is 0. The van der Waals surface area contributed by atoms with E-state index >= 15 is 0 Å². The van der Waals surface area contributed by atoms with Crippen molar-refractivity contribution in [1.29, 1.82) is 0 Å². The van der Waals surface area contributed by atoms with Gasteiger partial charge in [0.15, 0.2) is 0 Å². The van der Waals surface area contributed by atoms with Gasteiger partial charge in [0, 0.05) is 16.8 Å². The molecule has 1 heterocycles. The first-order valence-corrected chi connectivity index (χ1v) is 6.21. The van der Waals surface area contributed by atoms with E-state index in [2.05, 4.69) is 36.2 Å². The van der Waals surface area contributed by atoms with Gasteiger partial charge in [-0.1, -0.05) is 17.8 Å². The average molecular weight is 242 g/mol. The van der Waals surface area contributed by atoms with Gasteiger partial charge in [0.1, 0.15) is 5.75 Å². The van der Waals surface area contributed by atoms with Crippen molar-refractivity contribution in [2.24, 2.45) is 0 Å². The number of anilines is 2. The SMILES string of the molecule is COc1ccc2c(c1)Sc1cc[c]cc1N2C. The lowest BCUT2D eigenvalue weighted by atomic mass is 10.2. The van der Waals surface area contributed by atoms with Crippen LogP contribution in [0.2, 0.25) is 0 Å². The average Bonchev–Trinajstić information content (AvgIpc) is 2.38. The van der Waals surface area contributed by atoms with E-state index in [0.29, 0.717) is 0 Å². The van der Waals surface area contributed by atoms with Gasteiger partial charge in [0.2, 0.25) is 0 Å². The molecule has 0 aliphatic carbocycles. The molecule has 3 heteroatoms. The number of methoxy groups -OCH3 is 1. The van der Waals surface area contributed by atoms with Crippen molar-refractivity contribution in [3.05, 3.63) is 42.5 Å². The maximum atomic E-state index is 5.27. The lowest BCUT2D eigenvalue weighted by Gasteiger charge is -2.29. The smallest absolute Gasteiger partial charge is 0.120 e. The summed E-state index contributed by atoms with van der Waals surface area (Å²) in [6.07, 6.45) is 0. The van der Waals surface area contributed by atoms with E-state index in [9.17, 15) is 0 Å². The zero-order chi connectivity index (χ0) is 11.8. The molecule has 0 N–H and O–H groups in total. The van der Waals surface area contributed by atoms with Gasteiger partial charge in [-0.15, -0.1) is 0 Å². The first-order valence-electron chi connectivity index (χ1n) is 5.39. The van der Waals surface area contributed by atoms with Crippen LogP contribution < -0.4 is 9.64 Å². The van der Waals surface area contributed by atoms with Crippen molar-refractivity contribution in [2.75, 3.05) is 19.1 Å². The van der Waals surface area contributed by atoms with Gasteiger partial charge in [-0.2, -0.15) is 0 Å². The van der Waals surface area contributed by atoms with Crippen molar-refractivity contribution >= 4 is 23.1 Å². The highest BCUT2D eigenvalue weighted by Crippen LogP contribution is 2.47. The Morgan fingerprint density at radius 3 is 2.88 bits per heavy atom. The van der Waals surface area contributed by atoms with E-state index in [1.165, 1.54) is 21.2 Å². The van der Waals surface area contributed by atoms with Gasteiger partial charge in [0.05, 0.1) is 18.5 Å². The molecule has 2 aromatic rings. The van der Waals surface area contributed by atoms with Crippen LogP contribution in [0.15, 0.2) is 46.2 Å². The van der Waals surface area contributed by atoms with Gasteiger partial charge in [-0.05, 0) is 36.4 Å². The summed E-state index contributed by atoms with van der Waals surface area (Å²) in [6, 6.07) is 15.4. The normalized spacial score (nSPS) is 12.9. The third-order valence-electron chi connectivity index (χ3n) is 2.91. The predicted molar refractivity (Wildman–Crippen MR) is 70.5 cm³/mol. The number of fused-ring (bicyclic) bond motifs is 2. The molecular formula is C14H12NOS. The Bertz CT molecular complexity index is 568. The van der Waals surface area contributed by atoms with Crippen LogP contribution in [0.25, 0.3) is 0 Å². The zero-order valence-corrected chi connectivity index (χ0v) is 10.5. The second kappa shape index (κ2) is 4.00. The predicted octanol–water partition coefficient (Wildman–Crippen LogP) is 3.73. The third kappa shape index (κ3) is 1.67. The lowest BCUT2D eigenvalue weighted by molar-refractivity contribution is 0.413. The summed E-state index contributed by atoms with van der Waals surface area (Å²) in [7, 11) is 3.78. The Hall–Kier alpha value is -1.61. The molecule has 0 bridgehead atoms. The Morgan fingerprint density at radius 1 is 1.18 bits per heavy atom. The molecule has 0 amide bonds. The Morgan fingerprint density at radius 2 is 2.06 bits per heavy atom. The van der Waals surface area contributed by atoms with Gasteiger partial charge >= 0.3 is 0 Å². The van der Waals surface area contributed by atoms with E-state index in [1.54, 1.807) is 18.9 Å². The standard InChI is InChI=1S/C14H12NOS/c1-15-11-5-3-4-6-13(11)17-14-9-10(16-2)7-8-12(14)15/h4-9H,1-2H3. The number of hydrogen-bond acceptors (Lipinski definition) is 3. The van der Waals surface area contributed by atoms with Gasteiger partial charge in [-0.3, -0.25) is 0 Å². The molecule has 2 aromatic carbocycles. The molecule has 0 aromatic heterocycles. The van der Waals surface area contributed by atoms with E-state index in [1.807, 2.05) is 18.2 Å². The minimum absolute atomic E-state index is 0.899. The molecular weight excluding hydrogens is 230 g/mol. The van der Waals surface area contributed by atoms with Crippen molar-refractivity contribution in [3.8, 4) is 5.75 Å². The summed E-state index contributed by atoms with van der Waals surface area (Å²) in [4.78, 5) is 4.68. The molecule has 0 unspecified atom stereocenters. The monoisotopic (exact) mass is 242 g/mol.